The van der Waals surface area contributed by atoms with E-state index in [9.17, 15) is 9.59 Å². The van der Waals surface area contributed by atoms with E-state index >= 15 is 0 Å². The molecule has 2 aromatic heterocycles. The molecule has 0 unspecified atom stereocenters. The quantitative estimate of drug-likeness (QED) is 0.808. The number of aromatic nitrogens is 3. The van der Waals surface area contributed by atoms with E-state index < -0.39 is 5.69 Å². The Balaban J connectivity index is 2.38. The molecule has 0 aliphatic heterocycles. The Labute approximate surface area is 96.5 Å². The van der Waals surface area contributed by atoms with Crippen LogP contribution in [0.15, 0.2) is 40.1 Å². The molecular weight excluding hydrogens is 222 g/mol. The third-order valence-corrected chi connectivity index (χ3v) is 2.25. The van der Waals surface area contributed by atoms with Crippen LogP contribution in [0.4, 0.5) is 0 Å². The fourth-order valence-corrected chi connectivity index (χ4v) is 1.42. The van der Waals surface area contributed by atoms with Crippen molar-refractivity contribution in [2.75, 3.05) is 7.11 Å². The zero-order valence-corrected chi connectivity index (χ0v) is 9.21. The van der Waals surface area contributed by atoms with Gasteiger partial charge < -0.3 is 9.72 Å². The van der Waals surface area contributed by atoms with Crippen LogP contribution in [0.5, 0.6) is 5.88 Å². The number of methoxy groups -OCH3 is 1. The minimum atomic E-state index is -0.456. The highest BCUT2D eigenvalue weighted by molar-refractivity contribution is 5.15. The van der Waals surface area contributed by atoms with Crippen LogP contribution in [0.1, 0.15) is 5.69 Å². The molecule has 0 atom stereocenters. The van der Waals surface area contributed by atoms with Crippen molar-refractivity contribution in [3.63, 3.8) is 0 Å². The lowest BCUT2D eigenvalue weighted by molar-refractivity contribution is 0.395. The number of rotatable bonds is 3. The Hall–Kier alpha value is -2.37. The van der Waals surface area contributed by atoms with Crippen LogP contribution in [0.25, 0.3) is 0 Å². The van der Waals surface area contributed by atoms with Crippen LogP contribution in [-0.2, 0) is 6.54 Å². The highest BCUT2D eigenvalue weighted by atomic mass is 16.5. The molecule has 0 radical (unpaired) electrons. The molecule has 0 saturated carbocycles. The first kappa shape index (κ1) is 11.1. The lowest BCUT2D eigenvalue weighted by atomic mass is 10.3. The van der Waals surface area contributed by atoms with E-state index in [2.05, 4.69) is 9.97 Å². The molecule has 88 valence electrons. The summed E-state index contributed by atoms with van der Waals surface area (Å²) in [5.41, 5.74) is -0.233. The fraction of sp³-hybridized carbons (Fsp3) is 0.182. The van der Waals surface area contributed by atoms with Gasteiger partial charge in [-0.15, -0.1) is 0 Å². The molecule has 1 N–H and O–H groups in total. The fourth-order valence-electron chi connectivity index (χ4n) is 1.42. The van der Waals surface area contributed by atoms with Gasteiger partial charge in [-0.2, -0.15) is 0 Å². The summed E-state index contributed by atoms with van der Waals surface area (Å²) in [6.45, 7) is 0.117. The van der Waals surface area contributed by atoms with Crippen molar-refractivity contribution >= 4 is 0 Å². The lowest BCUT2D eigenvalue weighted by Crippen LogP contribution is -2.34. The average molecular weight is 233 g/mol. The summed E-state index contributed by atoms with van der Waals surface area (Å²) < 4.78 is 6.04. The highest BCUT2D eigenvalue weighted by Gasteiger charge is 2.03. The van der Waals surface area contributed by atoms with Gasteiger partial charge in [-0.25, -0.2) is 9.78 Å². The first-order valence-corrected chi connectivity index (χ1v) is 4.99. The molecule has 2 heterocycles. The molecule has 0 fully saturated rings. The number of pyridine rings is 1. The maximum absolute atomic E-state index is 11.5. The zero-order chi connectivity index (χ0) is 12.3. The molecule has 17 heavy (non-hydrogen) atoms. The van der Waals surface area contributed by atoms with Crippen molar-refractivity contribution in [2.24, 2.45) is 0 Å². The van der Waals surface area contributed by atoms with Crippen LogP contribution in [0.2, 0.25) is 0 Å². The van der Waals surface area contributed by atoms with Crippen LogP contribution in [0.3, 0.4) is 0 Å². The summed E-state index contributed by atoms with van der Waals surface area (Å²) in [6, 6.07) is 6.47. The van der Waals surface area contributed by atoms with Gasteiger partial charge >= 0.3 is 5.69 Å². The van der Waals surface area contributed by atoms with Gasteiger partial charge in [-0.05, 0) is 6.07 Å². The van der Waals surface area contributed by atoms with Gasteiger partial charge in [0.2, 0.25) is 5.88 Å². The molecule has 0 saturated heterocycles. The molecule has 0 aliphatic carbocycles. The smallest absolute Gasteiger partial charge is 0.328 e. The summed E-state index contributed by atoms with van der Waals surface area (Å²) >= 11 is 0. The molecule has 0 spiro atoms. The topological polar surface area (TPSA) is 77.0 Å². The van der Waals surface area contributed by atoms with Crippen molar-refractivity contribution < 1.29 is 4.74 Å². The van der Waals surface area contributed by atoms with Gasteiger partial charge in [0.25, 0.3) is 5.56 Å². The van der Waals surface area contributed by atoms with Gasteiger partial charge in [0, 0.05) is 18.3 Å². The maximum atomic E-state index is 11.5. The second kappa shape index (κ2) is 4.65. The second-order valence-corrected chi connectivity index (χ2v) is 3.38. The monoisotopic (exact) mass is 233 g/mol. The van der Waals surface area contributed by atoms with E-state index in [0.717, 1.165) is 4.57 Å². The molecule has 0 aliphatic rings. The van der Waals surface area contributed by atoms with Gasteiger partial charge in [0.15, 0.2) is 0 Å². The maximum Gasteiger partial charge on any atom is 0.328 e. The SMILES string of the molecule is COc1cccc(Cn2c(=O)cc[nH]c2=O)n1. The zero-order valence-electron chi connectivity index (χ0n) is 9.21. The Kier molecular flexibility index (Phi) is 3.04. The standard InChI is InChI=1S/C11H11N3O3/c1-17-9-4-2-3-8(13-9)7-14-10(15)5-6-12-11(14)16/h2-6H,7H2,1H3,(H,12,16). The average Bonchev–Trinajstić information content (AvgIpc) is 2.34. The van der Waals surface area contributed by atoms with E-state index in [1.165, 1.54) is 19.4 Å². The predicted molar refractivity (Wildman–Crippen MR) is 61.2 cm³/mol. The van der Waals surface area contributed by atoms with Crippen LogP contribution >= 0.6 is 0 Å². The van der Waals surface area contributed by atoms with Gasteiger partial charge in [-0.3, -0.25) is 9.36 Å². The molecule has 0 amide bonds. The van der Waals surface area contributed by atoms with E-state index in [1.54, 1.807) is 18.2 Å². The predicted octanol–water partition coefficient (Wildman–Crippen LogP) is -0.0115. The van der Waals surface area contributed by atoms with Crippen molar-refractivity contribution in [3.8, 4) is 5.88 Å². The van der Waals surface area contributed by atoms with E-state index in [4.69, 9.17) is 4.74 Å². The number of aromatic amines is 1. The Bertz CT molecular complexity index is 602. The molecule has 6 heteroatoms. The van der Waals surface area contributed by atoms with Crippen molar-refractivity contribution in [3.05, 3.63) is 57.0 Å². The summed E-state index contributed by atoms with van der Waals surface area (Å²) in [5, 5.41) is 0. The highest BCUT2D eigenvalue weighted by Crippen LogP contribution is 2.06. The third kappa shape index (κ3) is 2.41. The molecule has 2 aromatic rings. The molecular formula is C11H11N3O3. The number of hydrogen-bond donors (Lipinski definition) is 1. The second-order valence-electron chi connectivity index (χ2n) is 3.38. The van der Waals surface area contributed by atoms with Gasteiger partial charge in [0.05, 0.1) is 19.3 Å². The summed E-state index contributed by atoms with van der Waals surface area (Å²) in [7, 11) is 1.51. The molecule has 0 aromatic carbocycles. The van der Waals surface area contributed by atoms with Crippen molar-refractivity contribution in [1.82, 2.24) is 14.5 Å². The summed E-state index contributed by atoms with van der Waals surface area (Å²) in [5.74, 6) is 0.447. The minimum absolute atomic E-state index is 0.117. The number of H-pyrrole nitrogens is 1. The van der Waals surface area contributed by atoms with Crippen molar-refractivity contribution in [2.45, 2.75) is 6.54 Å². The number of hydrogen-bond acceptors (Lipinski definition) is 4. The Morgan fingerprint density at radius 3 is 2.88 bits per heavy atom. The largest absolute Gasteiger partial charge is 0.481 e. The first-order valence-electron chi connectivity index (χ1n) is 4.99. The summed E-state index contributed by atoms with van der Waals surface area (Å²) in [4.78, 5) is 29.5. The van der Waals surface area contributed by atoms with Crippen LogP contribution in [-0.4, -0.2) is 21.6 Å². The van der Waals surface area contributed by atoms with Gasteiger partial charge in [0.1, 0.15) is 0 Å². The first-order chi connectivity index (χ1) is 8.20. The van der Waals surface area contributed by atoms with E-state index in [1.807, 2.05) is 0 Å². The molecule has 6 nitrogen and oxygen atoms in total. The van der Waals surface area contributed by atoms with Crippen LogP contribution in [0, 0.1) is 0 Å². The number of nitrogens with zero attached hydrogens (tertiary/aromatic N) is 2. The normalized spacial score (nSPS) is 10.2. The van der Waals surface area contributed by atoms with Gasteiger partial charge in [-0.1, -0.05) is 6.07 Å². The molecule has 0 bridgehead atoms. The third-order valence-electron chi connectivity index (χ3n) is 2.25. The van der Waals surface area contributed by atoms with Crippen molar-refractivity contribution in [1.29, 1.82) is 0 Å². The van der Waals surface area contributed by atoms with E-state index in [0.29, 0.717) is 11.6 Å². The minimum Gasteiger partial charge on any atom is -0.481 e. The van der Waals surface area contributed by atoms with Crippen LogP contribution < -0.4 is 16.0 Å². The lowest BCUT2D eigenvalue weighted by Gasteiger charge is -2.04. The number of ether oxygens (including phenoxy) is 1. The Morgan fingerprint density at radius 1 is 1.35 bits per heavy atom. The Morgan fingerprint density at radius 2 is 2.18 bits per heavy atom. The molecule has 2 rings (SSSR count). The van der Waals surface area contributed by atoms with E-state index in [-0.39, 0.29) is 12.1 Å². The number of nitrogens with one attached hydrogen (secondary N) is 1. The summed E-state index contributed by atoms with van der Waals surface area (Å²) in [6.07, 6.45) is 1.32.